The zero-order chi connectivity index (χ0) is 20.8. The molecule has 7 nitrogen and oxygen atoms in total. The lowest BCUT2D eigenvalue weighted by Crippen LogP contribution is -2.28. The molecule has 0 aliphatic rings. The van der Waals surface area contributed by atoms with Gasteiger partial charge >= 0.3 is 0 Å². The number of nitrogens with one attached hydrogen (secondary N) is 1. The van der Waals surface area contributed by atoms with Gasteiger partial charge in [-0.15, -0.1) is 0 Å². The molecule has 1 heterocycles. The summed E-state index contributed by atoms with van der Waals surface area (Å²) in [6.07, 6.45) is 0. The van der Waals surface area contributed by atoms with Crippen LogP contribution < -0.4 is 14.8 Å². The molecule has 7 heteroatoms. The van der Waals surface area contributed by atoms with E-state index in [-0.39, 0.29) is 12.5 Å². The molecule has 0 aliphatic carbocycles. The molecule has 3 aromatic rings. The molecule has 29 heavy (non-hydrogen) atoms. The van der Waals surface area contributed by atoms with Crippen LogP contribution in [0.15, 0.2) is 48.5 Å². The number of nitriles is 1. The lowest BCUT2D eigenvalue weighted by atomic mass is 10.2. The molecule has 0 saturated carbocycles. The minimum Gasteiger partial charge on any atom is -0.493 e. The Morgan fingerprint density at radius 2 is 1.93 bits per heavy atom. The van der Waals surface area contributed by atoms with Gasteiger partial charge in [-0.2, -0.15) is 10.4 Å². The van der Waals surface area contributed by atoms with E-state index in [1.807, 2.05) is 54.9 Å². The van der Waals surface area contributed by atoms with E-state index >= 15 is 0 Å². The molecular formula is C22H22N4O3. The molecule has 3 rings (SSSR count). The number of amides is 1. The summed E-state index contributed by atoms with van der Waals surface area (Å²) >= 11 is 0. The van der Waals surface area contributed by atoms with Crippen molar-refractivity contribution in [2.75, 3.05) is 13.7 Å². The summed E-state index contributed by atoms with van der Waals surface area (Å²) in [4.78, 5) is 12.3. The third-order valence-electron chi connectivity index (χ3n) is 4.56. The van der Waals surface area contributed by atoms with Crippen LogP contribution >= 0.6 is 0 Å². The first-order valence-electron chi connectivity index (χ1n) is 9.11. The van der Waals surface area contributed by atoms with Gasteiger partial charge in [0.05, 0.1) is 30.1 Å². The van der Waals surface area contributed by atoms with Gasteiger partial charge in [-0.1, -0.05) is 18.2 Å². The molecular weight excluding hydrogens is 368 g/mol. The molecule has 0 radical (unpaired) electrons. The molecule has 0 saturated heterocycles. The molecule has 1 aromatic heterocycles. The topological polar surface area (TPSA) is 89.2 Å². The number of methoxy groups -OCH3 is 1. The van der Waals surface area contributed by atoms with Gasteiger partial charge in [-0.25, -0.2) is 4.68 Å². The third kappa shape index (κ3) is 4.55. The lowest BCUT2D eigenvalue weighted by Gasteiger charge is -2.11. The first-order valence-corrected chi connectivity index (χ1v) is 9.11. The second-order valence-corrected chi connectivity index (χ2v) is 6.44. The van der Waals surface area contributed by atoms with Gasteiger partial charge in [-0.3, -0.25) is 4.79 Å². The average molecular weight is 390 g/mol. The highest BCUT2D eigenvalue weighted by Crippen LogP contribution is 2.27. The average Bonchev–Trinajstić information content (AvgIpc) is 3.04. The van der Waals surface area contributed by atoms with Crippen LogP contribution in [0.2, 0.25) is 0 Å². The summed E-state index contributed by atoms with van der Waals surface area (Å²) in [6, 6.07) is 16.7. The molecule has 1 N–H and O–H groups in total. The molecule has 0 atom stereocenters. The van der Waals surface area contributed by atoms with E-state index < -0.39 is 0 Å². The molecule has 0 aliphatic heterocycles. The van der Waals surface area contributed by atoms with Crippen LogP contribution in [0.5, 0.6) is 11.5 Å². The number of carbonyl (C=O) groups is 1. The number of aryl methyl sites for hydroxylation is 1. The predicted molar refractivity (Wildman–Crippen MR) is 108 cm³/mol. The maximum atomic E-state index is 12.3. The van der Waals surface area contributed by atoms with Crippen molar-refractivity contribution < 1.29 is 14.3 Å². The number of aromatic nitrogens is 2. The summed E-state index contributed by atoms with van der Waals surface area (Å²) in [5, 5.41) is 16.4. The van der Waals surface area contributed by atoms with Gasteiger partial charge in [-0.05, 0) is 38.1 Å². The first-order chi connectivity index (χ1) is 14.0. The maximum Gasteiger partial charge on any atom is 0.258 e. The van der Waals surface area contributed by atoms with E-state index in [2.05, 4.69) is 10.4 Å². The van der Waals surface area contributed by atoms with Crippen molar-refractivity contribution in [3.05, 3.63) is 71.0 Å². The van der Waals surface area contributed by atoms with Crippen LogP contribution in [0.25, 0.3) is 5.69 Å². The quantitative estimate of drug-likeness (QED) is 0.670. The molecule has 0 spiro atoms. The largest absolute Gasteiger partial charge is 0.493 e. The van der Waals surface area contributed by atoms with Crippen molar-refractivity contribution in [2.24, 2.45) is 0 Å². The van der Waals surface area contributed by atoms with Gasteiger partial charge in [0.2, 0.25) is 0 Å². The molecule has 1 amide bonds. The molecule has 0 unspecified atom stereocenters. The first kappa shape index (κ1) is 20.0. The fraction of sp³-hybridized carbons (Fsp3) is 0.227. The zero-order valence-corrected chi connectivity index (χ0v) is 16.6. The Labute approximate surface area is 169 Å². The second kappa shape index (κ2) is 8.93. The SMILES string of the molecule is COc1cc(C#N)ccc1OCC(=O)NCc1c(C)nn(-c2ccccc2)c1C. The van der Waals surface area contributed by atoms with Crippen LogP contribution in [-0.4, -0.2) is 29.4 Å². The number of rotatable bonds is 7. The normalized spacial score (nSPS) is 10.3. The van der Waals surface area contributed by atoms with Gasteiger partial charge in [0, 0.05) is 23.9 Å². The standard InChI is InChI=1S/C22H22N4O3/c1-15-19(16(2)26(25-15)18-7-5-4-6-8-18)13-24-22(27)14-29-20-10-9-17(12-23)11-21(20)28-3/h4-11H,13-14H2,1-3H3,(H,24,27). The van der Waals surface area contributed by atoms with Gasteiger partial charge in [0.25, 0.3) is 5.91 Å². The summed E-state index contributed by atoms with van der Waals surface area (Å²) in [7, 11) is 1.49. The monoisotopic (exact) mass is 390 g/mol. The number of hydrogen-bond donors (Lipinski definition) is 1. The maximum absolute atomic E-state index is 12.3. The molecule has 148 valence electrons. The number of para-hydroxylation sites is 1. The highest BCUT2D eigenvalue weighted by atomic mass is 16.5. The fourth-order valence-corrected chi connectivity index (χ4v) is 2.99. The Hall–Kier alpha value is -3.79. The van der Waals surface area contributed by atoms with Crippen LogP contribution in [-0.2, 0) is 11.3 Å². The minimum atomic E-state index is -0.261. The van der Waals surface area contributed by atoms with Crippen molar-refractivity contribution in [1.82, 2.24) is 15.1 Å². The minimum absolute atomic E-state index is 0.160. The zero-order valence-electron chi connectivity index (χ0n) is 16.6. The molecule has 0 fully saturated rings. The van der Waals surface area contributed by atoms with E-state index in [0.29, 0.717) is 23.6 Å². The smallest absolute Gasteiger partial charge is 0.258 e. The Morgan fingerprint density at radius 1 is 1.17 bits per heavy atom. The number of nitrogens with zero attached hydrogens (tertiary/aromatic N) is 3. The number of hydrogen-bond acceptors (Lipinski definition) is 5. The second-order valence-electron chi connectivity index (χ2n) is 6.44. The van der Waals surface area contributed by atoms with Crippen LogP contribution in [0.3, 0.4) is 0 Å². The summed E-state index contributed by atoms with van der Waals surface area (Å²) in [6.45, 7) is 4.10. The van der Waals surface area contributed by atoms with Crippen molar-refractivity contribution in [3.63, 3.8) is 0 Å². The number of carbonyl (C=O) groups excluding carboxylic acids is 1. The van der Waals surface area contributed by atoms with Crippen LogP contribution in [0.4, 0.5) is 0 Å². The van der Waals surface area contributed by atoms with Gasteiger partial charge in [0.15, 0.2) is 18.1 Å². The summed E-state index contributed by atoms with van der Waals surface area (Å²) in [5.41, 5.74) is 4.24. The van der Waals surface area contributed by atoms with Crippen LogP contribution in [0, 0.1) is 25.2 Å². The van der Waals surface area contributed by atoms with E-state index in [1.165, 1.54) is 7.11 Å². The highest BCUT2D eigenvalue weighted by molar-refractivity contribution is 5.77. The van der Waals surface area contributed by atoms with E-state index in [1.54, 1.807) is 18.2 Å². The Kier molecular flexibility index (Phi) is 6.15. The fourth-order valence-electron chi connectivity index (χ4n) is 2.99. The number of benzene rings is 2. The number of ether oxygens (including phenoxy) is 2. The third-order valence-corrected chi connectivity index (χ3v) is 4.56. The Bertz CT molecular complexity index is 1050. The van der Waals surface area contributed by atoms with Crippen molar-refractivity contribution in [3.8, 4) is 23.3 Å². The summed E-state index contributed by atoms with van der Waals surface area (Å²) < 4.78 is 12.6. The Morgan fingerprint density at radius 3 is 2.62 bits per heavy atom. The molecule has 2 aromatic carbocycles. The van der Waals surface area contributed by atoms with E-state index in [4.69, 9.17) is 14.7 Å². The molecule has 0 bridgehead atoms. The summed E-state index contributed by atoms with van der Waals surface area (Å²) in [5.74, 6) is 0.557. The van der Waals surface area contributed by atoms with Gasteiger partial charge < -0.3 is 14.8 Å². The van der Waals surface area contributed by atoms with Crippen molar-refractivity contribution in [1.29, 1.82) is 5.26 Å². The van der Waals surface area contributed by atoms with Crippen molar-refractivity contribution >= 4 is 5.91 Å². The van der Waals surface area contributed by atoms with E-state index in [0.717, 1.165) is 22.6 Å². The predicted octanol–water partition coefficient (Wildman–Crippen LogP) is 3.06. The highest BCUT2D eigenvalue weighted by Gasteiger charge is 2.14. The van der Waals surface area contributed by atoms with E-state index in [9.17, 15) is 4.79 Å². The van der Waals surface area contributed by atoms with Gasteiger partial charge in [0.1, 0.15) is 0 Å². The van der Waals surface area contributed by atoms with Crippen molar-refractivity contribution in [2.45, 2.75) is 20.4 Å². The lowest BCUT2D eigenvalue weighted by molar-refractivity contribution is -0.123. The Balaban J connectivity index is 1.62. The van der Waals surface area contributed by atoms with Crippen LogP contribution in [0.1, 0.15) is 22.5 Å².